The normalized spacial score (nSPS) is 11.4. The summed E-state index contributed by atoms with van der Waals surface area (Å²) >= 11 is 0. The molecule has 17 heavy (non-hydrogen) atoms. The molecule has 1 rings (SSSR count). The van der Waals surface area contributed by atoms with Gasteiger partial charge in [0.2, 0.25) is 0 Å². The van der Waals surface area contributed by atoms with E-state index in [1.54, 1.807) is 19.1 Å². The fourth-order valence-electron chi connectivity index (χ4n) is 1.42. The van der Waals surface area contributed by atoms with E-state index in [2.05, 4.69) is 0 Å². The molecule has 0 fully saturated rings. The Hall–Kier alpha value is -1.72. The minimum absolute atomic E-state index is 0.191. The van der Waals surface area contributed by atoms with E-state index in [0.717, 1.165) is 7.05 Å². The highest BCUT2D eigenvalue weighted by molar-refractivity contribution is 5.96. The summed E-state index contributed by atoms with van der Waals surface area (Å²) in [5, 5.41) is 0. The highest BCUT2D eigenvalue weighted by Crippen LogP contribution is 2.19. The molecule has 3 nitrogen and oxygen atoms in total. The van der Waals surface area contributed by atoms with Crippen LogP contribution in [0.15, 0.2) is 18.2 Å². The van der Waals surface area contributed by atoms with E-state index < -0.39 is 18.6 Å². The smallest absolute Gasteiger partial charge is 0.399 e. The highest BCUT2D eigenvalue weighted by atomic mass is 19.4. The van der Waals surface area contributed by atoms with Crippen LogP contribution in [0.2, 0.25) is 0 Å². The number of halogens is 3. The number of nitrogens with zero attached hydrogens (tertiary/aromatic N) is 1. The van der Waals surface area contributed by atoms with Crippen molar-refractivity contribution in [3.8, 4) is 0 Å². The molecule has 0 aliphatic carbocycles. The lowest BCUT2D eigenvalue weighted by molar-refractivity contribution is -0.138. The van der Waals surface area contributed by atoms with Crippen molar-refractivity contribution in [3.63, 3.8) is 0 Å². The average molecular weight is 246 g/mol. The van der Waals surface area contributed by atoms with Gasteiger partial charge in [0.25, 0.3) is 5.91 Å². The summed E-state index contributed by atoms with van der Waals surface area (Å²) in [4.78, 5) is 12.4. The molecule has 0 heterocycles. The number of benzene rings is 1. The summed E-state index contributed by atoms with van der Waals surface area (Å²) in [6.45, 7) is 0.369. The quantitative estimate of drug-likeness (QED) is 0.813. The number of carbonyl (C=O) groups excluding carboxylic acids is 1. The fraction of sp³-hybridized carbons (Fsp3) is 0.364. The molecule has 6 heteroatoms. The molecule has 0 spiro atoms. The summed E-state index contributed by atoms with van der Waals surface area (Å²) in [7, 11) is 1.11. The van der Waals surface area contributed by atoms with Gasteiger partial charge < -0.3 is 10.6 Å². The van der Waals surface area contributed by atoms with Crippen LogP contribution in [-0.2, 0) is 0 Å². The Labute approximate surface area is 97.0 Å². The third-order valence-electron chi connectivity index (χ3n) is 2.26. The first-order valence-corrected chi connectivity index (χ1v) is 4.89. The number of alkyl halides is 3. The van der Waals surface area contributed by atoms with E-state index in [9.17, 15) is 18.0 Å². The molecule has 0 saturated carbocycles. The van der Waals surface area contributed by atoms with Gasteiger partial charge in [-0.25, -0.2) is 0 Å². The molecule has 1 aromatic carbocycles. The lowest BCUT2D eigenvalue weighted by Crippen LogP contribution is -2.36. The number of amides is 1. The molecule has 0 aromatic heterocycles. The molecule has 2 N–H and O–H groups in total. The van der Waals surface area contributed by atoms with Crippen molar-refractivity contribution < 1.29 is 18.0 Å². The van der Waals surface area contributed by atoms with Crippen LogP contribution in [0.5, 0.6) is 0 Å². The molecule has 0 aliphatic heterocycles. The molecule has 0 saturated heterocycles. The van der Waals surface area contributed by atoms with E-state index >= 15 is 0 Å². The zero-order chi connectivity index (χ0) is 13.2. The third kappa shape index (κ3) is 3.65. The van der Waals surface area contributed by atoms with Gasteiger partial charge in [-0.05, 0) is 24.6 Å². The standard InChI is InChI=1S/C11H13F3N2O/c1-7-3-4-8(15)5-9(7)10(17)16(2)6-11(12,13)14/h3-5H,6,15H2,1-2H3. The number of hydrogen-bond acceptors (Lipinski definition) is 2. The van der Waals surface area contributed by atoms with Crippen molar-refractivity contribution in [1.29, 1.82) is 0 Å². The van der Waals surface area contributed by atoms with Crippen LogP contribution in [0.1, 0.15) is 15.9 Å². The second-order valence-corrected chi connectivity index (χ2v) is 3.85. The molecule has 0 radical (unpaired) electrons. The predicted octanol–water partition coefficient (Wildman–Crippen LogP) is 2.21. The minimum atomic E-state index is -4.40. The SMILES string of the molecule is Cc1ccc(N)cc1C(=O)N(C)CC(F)(F)F. The fourth-order valence-corrected chi connectivity index (χ4v) is 1.42. The lowest BCUT2D eigenvalue weighted by atomic mass is 10.1. The number of carbonyl (C=O) groups is 1. The number of rotatable bonds is 2. The minimum Gasteiger partial charge on any atom is -0.399 e. The highest BCUT2D eigenvalue weighted by Gasteiger charge is 2.31. The van der Waals surface area contributed by atoms with Crippen molar-refractivity contribution in [3.05, 3.63) is 29.3 Å². The zero-order valence-electron chi connectivity index (χ0n) is 9.51. The van der Waals surface area contributed by atoms with Gasteiger partial charge in [-0.15, -0.1) is 0 Å². The topological polar surface area (TPSA) is 46.3 Å². The van der Waals surface area contributed by atoms with Crippen molar-refractivity contribution in [2.75, 3.05) is 19.3 Å². The second kappa shape index (κ2) is 4.65. The summed E-state index contributed by atoms with van der Waals surface area (Å²) in [6.07, 6.45) is -4.40. The Morgan fingerprint density at radius 3 is 2.53 bits per heavy atom. The summed E-state index contributed by atoms with van der Waals surface area (Å²) in [6, 6.07) is 4.57. The zero-order valence-corrected chi connectivity index (χ0v) is 9.51. The van der Waals surface area contributed by atoms with E-state index in [0.29, 0.717) is 16.2 Å². The van der Waals surface area contributed by atoms with E-state index in [1.165, 1.54) is 6.07 Å². The third-order valence-corrected chi connectivity index (χ3v) is 2.26. The van der Waals surface area contributed by atoms with Crippen LogP contribution in [0.4, 0.5) is 18.9 Å². The summed E-state index contributed by atoms with van der Waals surface area (Å²) in [5.41, 5.74) is 6.63. The second-order valence-electron chi connectivity index (χ2n) is 3.85. The first kappa shape index (κ1) is 13.3. The van der Waals surface area contributed by atoms with Gasteiger partial charge in [0.1, 0.15) is 6.54 Å². The number of aryl methyl sites for hydroxylation is 1. The Bertz CT molecular complexity index is 429. The van der Waals surface area contributed by atoms with Crippen molar-refractivity contribution in [2.24, 2.45) is 0 Å². The van der Waals surface area contributed by atoms with E-state index in [4.69, 9.17) is 5.73 Å². The first-order valence-electron chi connectivity index (χ1n) is 4.89. The molecule has 1 amide bonds. The maximum absolute atomic E-state index is 12.1. The number of anilines is 1. The van der Waals surface area contributed by atoms with Gasteiger partial charge in [0.15, 0.2) is 0 Å². The number of nitrogen functional groups attached to an aromatic ring is 1. The van der Waals surface area contributed by atoms with Gasteiger partial charge in [-0.3, -0.25) is 4.79 Å². The molecule has 0 bridgehead atoms. The Morgan fingerprint density at radius 1 is 1.41 bits per heavy atom. The molecule has 0 aliphatic rings. The predicted molar refractivity (Wildman–Crippen MR) is 58.6 cm³/mol. The van der Waals surface area contributed by atoms with Crippen LogP contribution >= 0.6 is 0 Å². The summed E-state index contributed by atoms with van der Waals surface area (Å²) in [5.74, 6) is -0.688. The van der Waals surface area contributed by atoms with E-state index in [-0.39, 0.29) is 5.56 Å². The maximum Gasteiger partial charge on any atom is 0.406 e. The first-order chi connectivity index (χ1) is 7.70. The van der Waals surface area contributed by atoms with E-state index in [1.807, 2.05) is 0 Å². The molecule has 0 atom stereocenters. The van der Waals surface area contributed by atoms with Crippen molar-refractivity contribution in [2.45, 2.75) is 13.1 Å². The monoisotopic (exact) mass is 246 g/mol. The lowest BCUT2D eigenvalue weighted by Gasteiger charge is -2.20. The molecule has 0 unspecified atom stereocenters. The molecular formula is C11H13F3N2O. The van der Waals surface area contributed by atoms with Crippen LogP contribution in [0.3, 0.4) is 0 Å². The Kier molecular flexibility index (Phi) is 3.65. The molecule has 94 valence electrons. The largest absolute Gasteiger partial charge is 0.406 e. The van der Waals surface area contributed by atoms with Crippen molar-refractivity contribution in [1.82, 2.24) is 4.90 Å². The molecular weight excluding hydrogens is 233 g/mol. The van der Waals surface area contributed by atoms with Gasteiger partial charge in [0.05, 0.1) is 0 Å². The van der Waals surface area contributed by atoms with Crippen LogP contribution < -0.4 is 5.73 Å². The van der Waals surface area contributed by atoms with Crippen LogP contribution in [0, 0.1) is 6.92 Å². The summed E-state index contributed by atoms with van der Waals surface area (Å²) < 4.78 is 36.4. The molecule has 1 aromatic rings. The Balaban J connectivity index is 2.93. The van der Waals surface area contributed by atoms with Crippen LogP contribution in [-0.4, -0.2) is 30.6 Å². The number of hydrogen-bond donors (Lipinski definition) is 1. The van der Waals surface area contributed by atoms with Gasteiger partial charge in [0, 0.05) is 18.3 Å². The van der Waals surface area contributed by atoms with Gasteiger partial charge in [-0.1, -0.05) is 6.07 Å². The van der Waals surface area contributed by atoms with Crippen molar-refractivity contribution >= 4 is 11.6 Å². The average Bonchev–Trinajstić information content (AvgIpc) is 2.18. The Morgan fingerprint density at radius 2 is 2.00 bits per heavy atom. The van der Waals surface area contributed by atoms with Gasteiger partial charge in [-0.2, -0.15) is 13.2 Å². The van der Waals surface area contributed by atoms with Gasteiger partial charge >= 0.3 is 6.18 Å². The number of nitrogens with two attached hydrogens (primary N) is 1. The van der Waals surface area contributed by atoms with Crippen LogP contribution in [0.25, 0.3) is 0 Å². The maximum atomic E-state index is 12.1.